The van der Waals surface area contributed by atoms with E-state index in [4.69, 9.17) is 16.2 Å². The molecule has 2 atom stereocenters. The number of nitrogen functional groups attached to an aromatic ring is 2. The predicted molar refractivity (Wildman–Crippen MR) is 203 cm³/mol. The Labute approximate surface area is 286 Å². The standard InChI is InChI=1S/C42H49N5O/c1-28-6-8-29(9-7-28)26-45-38-20-12-31(24-36(38)43)40-22-23-41(47(40)34-16-14-33(15-17-34)42(2,3)4)32-13-21-39(37(44)25-32)46-27-30-10-18-35(48-5)19-11-30/h6-21,24-25,40-41,45-46H,22-23,26-27,43-44H2,1-5H3. The molecule has 1 aliphatic rings. The van der Waals surface area contributed by atoms with Gasteiger partial charge < -0.3 is 31.7 Å². The number of nitrogens with two attached hydrogens (primary N) is 2. The fourth-order valence-corrected chi connectivity index (χ4v) is 6.70. The fourth-order valence-electron chi connectivity index (χ4n) is 6.70. The molecule has 48 heavy (non-hydrogen) atoms. The SMILES string of the molecule is COc1ccc(CNc2ccc(C3CCC(c4ccc(NCc5ccc(C)cc5)c(N)c4)N3c3ccc(C(C)(C)C)cc3)cc2N)cc1. The number of aryl methyl sites for hydroxylation is 1. The lowest BCUT2D eigenvalue weighted by atomic mass is 9.87. The summed E-state index contributed by atoms with van der Waals surface area (Å²) in [7, 11) is 1.68. The van der Waals surface area contributed by atoms with Gasteiger partial charge in [0, 0.05) is 18.8 Å². The van der Waals surface area contributed by atoms with E-state index in [1.165, 1.54) is 39.1 Å². The van der Waals surface area contributed by atoms with Crippen LogP contribution in [-0.2, 0) is 18.5 Å². The van der Waals surface area contributed by atoms with Crippen molar-refractivity contribution < 1.29 is 4.74 Å². The van der Waals surface area contributed by atoms with Crippen LogP contribution in [0.1, 0.15) is 79.1 Å². The molecule has 6 nitrogen and oxygen atoms in total. The molecule has 0 spiro atoms. The second-order valence-corrected chi connectivity index (χ2v) is 14.0. The maximum Gasteiger partial charge on any atom is 0.118 e. The van der Waals surface area contributed by atoms with E-state index in [-0.39, 0.29) is 17.5 Å². The van der Waals surface area contributed by atoms with Gasteiger partial charge in [-0.15, -0.1) is 0 Å². The van der Waals surface area contributed by atoms with Gasteiger partial charge in [-0.25, -0.2) is 0 Å². The predicted octanol–water partition coefficient (Wildman–Crippen LogP) is 9.77. The smallest absolute Gasteiger partial charge is 0.118 e. The molecule has 0 saturated carbocycles. The third kappa shape index (κ3) is 7.38. The van der Waals surface area contributed by atoms with Crippen molar-refractivity contribution in [3.05, 3.63) is 143 Å². The molecule has 6 rings (SSSR count). The molecular weight excluding hydrogens is 590 g/mol. The molecule has 1 heterocycles. The second kappa shape index (κ2) is 13.9. The molecule has 0 bridgehead atoms. The van der Waals surface area contributed by atoms with E-state index in [2.05, 4.69) is 140 Å². The molecule has 1 saturated heterocycles. The molecule has 0 aliphatic carbocycles. The normalized spacial score (nSPS) is 16.1. The van der Waals surface area contributed by atoms with Crippen LogP contribution in [0.2, 0.25) is 0 Å². The van der Waals surface area contributed by atoms with Crippen molar-refractivity contribution in [2.75, 3.05) is 34.1 Å². The molecule has 0 radical (unpaired) electrons. The molecule has 5 aromatic carbocycles. The highest BCUT2D eigenvalue weighted by atomic mass is 16.5. The molecule has 5 aromatic rings. The lowest BCUT2D eigenvalue weighted by Gasteiger charge is -2.34. The van der Waals surface area contributed by atoms with Gasteiger partial charge in [-0.05, 0) is 102 Å². The summed E-state index contributed by atoms with van der Waals surface area (Å²) in [5.74, 6) is 0.850. The first kappa shape index (κ1) is 32.8. The van der Waals surface area contributed by atoms with Gasteiger partial charge >= 0.3 is 0 Å². The van der Waals surface area contributed by atoms with Crippen LogP contribution in [0.15, 0.2) is 109 Å². The van der Waals surface area contributed by atoms with Crippen LogP contribution in [0, 0.1) is 6.92 Å². The van der Waals surface area contributed by atoms with Gasteiger partial charge in [0.1, 0.15) is 5.75 Å². The number of ether oxygens (including phenoxy) is 1. The van der Waals surface area contributed by atoms with Gasteiger partial charge in [-0.2, -0.15) is 0 Å². The zero-order chi connectivity index (χ0) is 33.8. The summed E-state index contributed by atoms with van der Waals surface area (Å²) in [5.41, 5.74) is 25.5. The number of benzene rings is 5. The molecule has 0 aromatic heterocycles. The summed E-state index contributed by atoms with van der Waals surface area (Å²) >= 11 is 0. The van der Waals surface area contributed by atoms with Crippen molar-refractivity contribution in [2.24, 2.45) is 0 Å². The molecular formula is C42H49N5O. The average molecular weight is 640 g/mol. The van der Waals surface area contributed by atoms with Crippen LogP contribution in [0.4, 0.5) is 28.4 Å². The second-order valence-electron chi connectivity index (χ2n) is 14.0. The Morgan fingerprint density at radius 1 is 0.667 bits per heavy atom. The highest BCUT2D eigenvalue weighted by Gasteiger charge is 2.36. The molecule has 1 aliphatic heterocycles. The highest BCUT2D eigenvalue weighted by molar-refractivity contribution is 5.70. The number of hydrogen-bond donors (Lipinski definition) is 4. The third-order valence-corrected chi connectivity index (χ3v) is 9.58. The summed E-state index contributed by atoms with van der Waals surface area (Å²) in [6.07, 6.45) is 2.02. The highest BCUT2D eigenvalue weighted by Crippen LogP contribution is 2.48. The Balaban J connectivity index is 1.25. The molecule has 2 unspecified atom stereocenters. The van der Waals surface area contributed by atoms with E-state index in [0.29, 0.717) is 6.54 Å². The zero-order valence-corrected chi connectivity index (χ0v) is 28.9. The Morgan fingerprint density at radius 2 is 1.15 bits per heavy atom. The summed E-state index contributed by atoms with van der Waals surface area (Å²) in [4.78, 5) is 2.57. The number of anilines is 5. The lowest BCUT2D eigenvalue weighted by molar-refractivity contribution is 0.414. The van der Waals surface area contributed by atoms with Crippen LogP contribution in [0.5, 0.6) is 5.75 Å². The minimum absolute atomic E-state index is 0.0846. The van der Waals surface area contributed by atoms with Gasteiger partial charge in [0.25, 0.3) is 0 Å². The van der Waals surface area contributed by atoms with E-state index in [0.717, 1.165) is 47.9 Å². The number of rotatable bonds is 10. The van der Waals surface area contributed by atoms with Crippen LogP contribution in [0.3, 0.4) is 0 Å². The van der Waals surface area contributed by atoms with E-state index >= 15 is 0 Å². The van der Waals surface area contributed by atoms with Crippen molar-refractivity contribution in [2.45, 2.75) is 71.1 Å². The topological polar surface area (TPSA) is 88.6 Å². The number of nitrogens with zero attached hydrogens (tertiary/aromatic N) is 1. The fraction of sp³-hybridized carbons (Fsp3) is 0.286. The van der Waals surface area contributed by atoms with Gasteiger partial charge in [0.15, 0.2) is 0 Å². The summed E-state index contributed by atoms with van der Waals surface area (Å²) < 4.78 is 5.30. The van der Waals surface area contributed by atoms with E-state index in [1.54, 1.807) is 7.11 Å². The van der Waals surface area contributed by atoms with E-state index in [1.807, 2.05) is 12.1 Å². The van der Waals surface area contributed by atoms with Crippen molar-refractivity contribution in [1.82, 2.24) is 0 Å². The molecule has 6 heteroatoms. The number of nitrogens with one attached hydrogen (secondary N) is 2. The van der Waals surface area contributed by atoms with Crippen LogP contribution in [-0.4, -0.2) is 7.11 Å². The zero-order valence-electron chi connectivity index (χ0n) is 28.9. The molecule has 248 valence electrons. The molecule has 1 fully saturated rings. The monoisotopic (exact) mass is 639 g/mol. The summed E-state index contributed by atoms with van der Waals surface area (Å²) in [5, 5.41) is 7.06. The maximum atomic E-state index is 6.69. The number of hydrogen-bond acceptors (Lipinski definition) is 6. The van der Waals surface area contributed by atoms with Gasteiger partial charge in [-0.1, -0.05) is 87.0 Å². The Hall–Kier alpha value is -5.10. The largest absolute Gasteiger partial charge is 0.497 e. The minimum Gasteiger partial charge on any atom is -0.497 e. The van der Waals surface area contributed by atoms with Crippen molar-refractivity contribution in [3.8, 4) is 5.75 Å². The quantitative estimate of drug-likeness (QED) is 0.114. The van der Waals surface area contributed by atoms with Gasteiger partial charge in [0.05, 0.1) is 41.9 Å². The summed E-state index contributed by atoms with van der Waals surface area (Å²) in [6.45, 7) is 10.3. The van der Waals surface area contributed by atoms with Gasteiger partial charge in [-0.3, -0.25) is 0 Å². The van der Waals surface area contributed by atoms with Crippen molar-refractivity contribution in [1.29, 1.82) is 0 Å². The minimum atomic E-state index is 0.0846. The van der Waals surface area contributed by atoms with Gasteiger partial charge in [0.2, 0.25) is 0 Å². The molecule has 0 amide bonds. The van der Waals surface area contributed by atoms with E-state index < -0.39 is 0 Å². The maximum absolute atomic E-state index is 6.69. The first-order chi connectivity index (χ1) is 23.1. The van der Waals surface area contributed by atoms with Crippen LogP contribution in [0.25, 0.3) is 0 Å². The Kier molecular flexibility index (Phi) is 9.54. The first-order valence-electron chi connectivity index (χ1n) is 16.9. The van der Waals surface area contributed by atoms with Crippen molar-refractivity contribution >= 4 is 28.4 Å². The third-order valence-electron chi connectivity index (χ3n) is 9.58. The first-order valence-corrected chi connectivity index (χ1v) is 16.9. The van der Waals surface area contributed by atoms with Crippen LogP contribution >= 0.6 is 0 Å². The Bertz CT molecular complexity index is 1830. The van der Waals surface area contributed by atoms with E-state index in [9.17, 15) is 0 Å². The summed E-state index contributed by atoms with van der Waals surface area (Å²) in [6, 6.07) is 39.2. The lowest BCUT2D eigenvalue weighted by Crippen LogP contribution is -2.26. The molecule has 6 N–H and O–H groups in total. The van der Waals surface area contributed by atoms with Crippen LogP contribution < -0.4 is 31.7 Å². The Morgan fingerprint density at radius 3 is 1.58 bits per heavy atom. The average Bonchev–Trinajstić information content (AvgIpc) is 3.53. The number of methoxy groups -OCH3 is 1. The van der Waals surface area contributed by atoms with Crippen molar-refractivity contribution in [3.63, 3.8) is 0 Å².